The van der Waals surface area contributed by atoms with Crippen molar-refractivity contribution in [1.82, 2.24) is 15.5 Å². The number of rotatable bonds is 16. The van der Waals surface area contributed by atoms with Gasteiger partial charge in [-0.1, -0.05) is 6.58 Å². The normalized spacial score (nSPS) is 19.0. The first-order valence-corrected chi connectivity index (χ1v) is 12.6. The SMILES string of the molecule is C=CC(=O)NCCOCCOCCOCCNC(=O)[C@H]1C[C@H](Cc2c(F)ccc3c2OCO3)CN(C)C1. The fourth-order valence-corrected chi connectivity index (χ4v) is 4.52. The van der Waals surface area contributed by atoms with Gasteiger partial charge in [0.1, 0.15) is 5.82 Å². The highest BCUT2D eigenvalue weighted by Gasteiger charge is 2.32. The van der Waals surface area contributed by atoms with E-state index in [1.165, 1.54) is 12.1 Å². The summed E-state index contributed by atoms with van der Waals surface area (Å²) < 4.78 is 41.7. The van der Waals surface area contributed by atoms with Gasteiger partial charge in [-0.3, -0.25) is 9.59 Å². The average molecular weight is 524 g/mol. The number of hydrogen-bond donors (Lipinski definition) is 2. The molecule has 0 bridgehead atoms. The van der Waals surface area contributed by atoms with Crippen molar-refractivity contribution in [2.24, 2.45) is 11.8 Å². The number of halogens is 1. The number of ether oxygens (including phenoxy) is 5. The molecule has 0 saturated carbocycles. The lowest BCUT2D eigenvalue weighted by molar-refractivity contribution is -0.127. The quantitative estimate of drug-likeness (QED) is 0.245. The lowest BCUT2D eigenvalue weighted by Gasteiger charge is -2.35. The zero-order chi connectivity index (χ0) is 26.5. The first-order chi connectivity index (χ1) is 18.0. The molecule has 2 N–H and O–H groups in total. The molecule has 0 unspecified atom stereocenters. The standard InChI is InChI=1S/C26H38FN3O7/c1-3-24(31)28-6-8-33-10-12-35-13-11-34-9-7-29-26(32)20-14-19(16-30(2)17-20)15-21-22(27)4-5-23-25(21)37-18-36-23/h3-5,19-20H,1,6-18H2,2H3,(H,28,31)(H,29,32)/t19-,20+/m1/s1. The molecule has 206 valence electrons. The molecular formula is C26H38FN3O7. The zero-order valence-electron chi connectivity index (χ0n) is 21.5. The number of piperidine rings is 1. The van der Waals surface area contributed by atoms with Crippen molar-refractivity contribution in [2.75, 3.05) is 79.7 Å². The molecule has 0 aliphatic carbocycles. The van der Waals surface area contributed by atoms with Gasteiger partial charge < -0.3 is 39.2 Å². The Hall–Kier alpha value is -2.73. The van der Waals surface area contributed by atoms with Gasteiger partial charge in [0.2, 0.25) is 18.6 Å². The minimum absolute atomic E-state index is 0.0174. The second-order valence-corrected chi connectivity index (χ2v) is 9.11. The maximum atomic E-state index is 14.5. The van der Waals surface area contributed by atoms with E-state index in [0.29, 0.717) is 89.2 Å². The highest BCUT2D eigenvalue weighted by molar-refractivity contribution is 5.86. The van der Waals surface area contributed by atoms with Crippen LogP contribution in [0.25, 0.3) is 0 Å². The van der Waals surface area contributed by atoms with Crippen LogP contribution in [0.3, 0.4) is 0 Å². The van der Waals surface area contributed by atoms with Gasteiger partial charge in [-0.15, -0.1) is 0 Å². The van der Waals surface area contributed by atoms with E-state index in [1.807, 2.05) is 7.05 Å². The molecule has 2 aliphatic heterocycles. The number of nitrogens with one attached hydrogen (secondary N) is 2. The van der Waals surface area contributed by atoms with Crippen LogP contribution in [0.4, 0.5) is 4.39 Å². The van der Waals surface area contributed by atoms with Crippen molar-refractivity contribution in [3.8, 4) is 11.5 Å². The fourth-order valence-electron chi connectivity index (χ4n) is 4.52. The predicted octanol–water partition coefficient (Wildman–Crippen LogP) is 1.13. The van der Waals surface area contributed by atoms with Crippen molar-refractivity contribution >= 4 is 11.8 Å². The van der Waals surface area contributed by atoms with Crippen LogP contribution in [0.15, 0.2) is 24.8 Å². The summed E-state index contributed by atoms with van der Waals surface area (Å²) in [5.74, 6) is 0.462. The summed E-state index contributed by atoms with van der Waals surface area (Å²) in [5, 5.41) is 5.57. The smallest absolute Gasteiger partial charge is 0.243 e. The second kappa shape index (κ2) is 15.5. The summed E-state index contributed by atoms with van der Waals surface area (Å²) in [6.45, 7) is 8.25. The highest BCUT2D eigenvalue weighted by Crippen LogP contribution is 2.39. The van der Waals surface area contributed by atoms with Gasteiger partial charge in [0, 0.05) is 31.7 Å². The topological polar surface area (TPSA) is 108 Å². The molecule has 0 aromatic heterocycles. The summed E-state index contributed by atoms with van der Waals surface area (Å²) in [7, 11) is 1.98. The third-order valence-electron chi connectivity index (χ3n) is 6.19. The maximum Gasteiger partial charge on any atom is 0.243 e. The van der Waals surface area contributed by atoms with Crippen LogP contribution >= 0.6 is 0 Å². The predicted molar refractivity (Wildman–Crippen MR) is 134 cm³/mol. The van der Waals surface area contributed by atoms with Gasteiger partial charge in [0.25, 0.3) is 0 Å². The van der Waals surface area contributed by atoms with E-state index in [-0.39, 0.29) is 36.3 Å². The maximum absolute atomic E-state index is 14.5. The molecule has 3 rings (SSSR count). The van der Waals surface area contributed by atoms with E-state index in [2.05, 4.69) is 22.1 Å². The van der Waals surface area contributed by atoms with E-state index in [0.717, 1.165) is 6.54 Å². The molecule has 11 heteroatoms. The molecule has 1 aromatic rings. The van der Waals surface area contributed by atoms with Gasteiger partial charge in [-0.05, 0) is 44.0 Å². The summed E-state index contributed by atoms with van der Waals surface area (Å²) in [5.41, 5.74) is 0.522. The van der Waals surface area contributed by atoms with Crippen LogP contribution in [0.5, 0.6) is 11.5 Å². The minimum Gasteiger partial charge on any atom is -0.454 e. The average Bonchev–Trinajstić information content (AvgIpc) is 3.37. The molecule has 37 heavy (non-hydrogen) atoms. The first-order valence-electron chi connectivity index (χ1n) is 12.6. The highest BCUT2D eigenvalue weighted by atomic mass is 19.1. The zero-order valence-corrected chi connectivity index (χ0v) is 21.5. The van der Waals surface area contributed by atoms with Gasteiger partial charge in [-0.2, -0.15) is 0 Å². The van der Waals surface area contributed by atoms with Crippen molar-refractivity contribution in [3.63, 3.8) is 0 Å². The number of benzene rings is 1. The number of nitrogens with zero attached hydrogens (tertiary/aromatic N) is 1. The monoisotopic (exact) mass is 523 g/mol. The lowest BCUT2D eigenvalue weighted by atomic mass is 9.84. The van der Waals surface area contributed by atoms with Gasteiger partial charge in [-0.25, -0.2) is 4.39 Å². The third kappa shape index (κ3) is 9.58. The van der Waals surface area contributed by atoms with Crippen molar-refractivity contribution in [2.45, 2.75) is 12.8 Å². The van der Waals surface area contributed by atoms with Crippen molar-refractivity contribution in [3.05, 3.63) is 36.2 Å². The van der Waals surface area contributed by atoms with Gasteiger partial charge in [0.15, 0.2) is 11.5 Å². The lowest BCUT2D eigenvalue weighted by Crippen LogP contribution is -2.46. The molecule has 2 aliphatic rings. The number of amides is 2. The molecule has 1 fully saturated rings. The molecule has 2 heterocycles. The van der Waals surface area contributed by atoms with Crippen LogP contribution in [0.1, 0.15) is 12.0 Å². The number of carbonyl (C=O) groups is 2. The van der Waals surface area contributed by atoms with Crippen LogP contribution in [0, 0.1) is 17.7 Å². The number of carbonyl (C=O) groups excluding carboxylic acids is 2. The Balaban J connectivity index is 1.25. The molecular weight excluding hydrogens is 485 g/mol. The van der Waals surface area contributed by atoms with Crippen LogP contribution in [-0.2, 0) is 30.2 Å². The molecule has 1 saturated heterocycles. The minimum atomic E-state index is -0.304. The fraction of sp³-hybridized carbons (Fsp3) is 0.615. The van der Waals surface area contributed by atoms with E-state index >= 15 is 0 Å². The Morgan fingerprint density at radius 2 is 1.73 bits per heavy atom. The number of fused-ring (bicyclic) bond motifs is 1. The Labute approximate surface area is 217 Å². The number of hydrogen-bond acceptors (Lipinski definition) is 8. The van der Waals surface area contributed by atoms with Crippen LogP contribution in [-0.4, -0.2) is 96.4 Å². The summed E-state index contributed by atoms with van der Waals surface area (Å²) in [4.78, 5) is 25.8. The molecule has 2 amide bonds. The molecule has 0 radical (unpaired) electrons. The van der Waals surface area contributed by atoms with Crippen LogP contribution in [0.2, 0.25) is 0 Å². The molecule has 10 nitrogen and oxygen atoms in total. The Morgan fingerprint density at radius 1 is 1.05 bits per heavy atom. The molecule has 1 aromatic carbocycles. The van der Waals surface area contributed by atoms with Crippen molar-refractivity contribution < 1.29 is 37.7 Å². The van der Waals surface area contributed by atoms with Gasteiger partial charge in [0.05, 0.1) is 45.6 Å². The summed E-state index contributed by atoms with van der Waals surface area (Å²) in [6, 6.07) is 3.00. The molecule has 0 spiro atoms. The molecule has 2 atom stereocenters. The Morgan fingerprint density at radius 3 is 2.43 bits per heavy atom. The number of likely N-dealkylation sites (tertiary alicyclic amines) is 1. The van der Waals surface area contributed by atoms with Crippen LogP contribution < -0.4 is 20.1 Å². The summed E-state index contributed by atoms with van der Waals surface area (Å²) in [6.07, 6.45) is 2.38. The second-order valence-electron chi connectivity index (χ2n) is 9.11. The van der Waals surface area contributed by atoms with E-state index < -0.39 is 0 Å². The first kappa shape index (κ1) is 28.8. The van der Waals surface area contributed by atoms with E-state index in [9.17, 15) is 14.0 Å². The Kier molecular flexibility index (Phi) is 12.1. The van der Waals surface area contributed by atoms with E-state index in [1.54, 1.807) is 6.07 Å². The van der Waals surface area contributed by atoms with Crippen molar-refractivity contribution in [1.29, 1.82) is 0 Å². The Bertz CT molecular complexity index is 901. The third-order valence-corrected chi connectivity index (χ3v) is 6.19. The van der Waals surface area contributed by atoms with Gasteiger partial charge >= 0.3 is 0 Å². The summed E-state index contributed by atoms with van der Waals surface area (Å²) >= 11 is 0. The van der Waals surface area contributed by atoms with E-state index in [4.69, 9.17) is 23.7 Å². The largest absolute Gasteiger partial charge is 0.454 e.